The summed E-state index contributed by atoms with van der Waals surface area (Å²) in [6.45, 7) is 1.24. The summed E-state index contributed by atoms with van der Waals surface area (Å²) in [7, 11) is -2.53. The number of ether oxygens (including phenoxy) is 1. The number of carbonyl (C=O) groups is 1. The summed E-state index contributed by atoms with van der Waals surface area (Å²) >= 11 is 0. The van der Waals surface area contributed by atoms with Gasteiger partial charge >= 0.3 is 5.97 Å². The number of para-hydroxylation sites is 1. The Morgan fingerprint density at radius 2 is 1.75 bits per heavy atom. The zero-order valence-electron chi connectivity index (χ0n) is 13.5. The number of nitrogens with zero attached hydrogens (tertiary/aromatic N) is 1. The molecule has 128 valence electrons. The van der Waals surface area contributed by atoms with Crippen molar-refractivity contribution in [3.63, 3.8) is 0 Å². The van der Waals surface area contributed by atoms with Crippen LogP contribution in [0.5, 0.6) is 5.75 Å². The molecule has 0 radical (unpaired) electrons. The maximum absolute atomic E-state index is 13.0. The van der Waals surface area contributed by atoms with Crippen LogP contribution in [0.1, 0.15) is 12.5 Å². The molecule has 0 bridgehead atoms. The molecule has 24 heavy (non-hydrogen) atoms. The van der Waals surface area contributed by atoms with Crippen molar-refractivity contribution in [3.05, 3.63) is 54.1 Å². The highest BCUT2D eigenvalue weighted by molar-refractivity contribution is 7.92. The maximum atomic E-state index is 13.0. The molecule has 2 aromatic carbocycles. The SMILES string of the molecule is CCc1ccccc1N(CC(=O)O)S(=O)(=O)c1ccc(OC)cc1. The van der Waals surface area contributed by atoms with E-state index < -0.39 is 22.5 Å². The standard InChI is InChI=1S/C17H19NO5S/c1-3-13-6-4-5-7-16(13)18(12-17(19)20)24(21,22)15-10-8-14(23-2)9-11-15/h4-11H,3,12H2,1-2H3,(H,19,20). The second-order valence-electron chi connectivity index (χ2n) is 5.06. The molecule has 0 fully saturated rings. The average molecular weight is 349 g/mol. The van der Waals surface area contributed by atoms with Gasteiger partial charge in [0.1, 0.15) is 12.3 Å². The predicted molar refractivity (Wildman–Crippen MR) is 91.0 cm³/mol. The van der Waals surface area contributed by atoms with Crippen LogP contribution in [0.4, 0.5) is 5.69 Å². The average Bonchev–Trinajstić information content (AvgIpc) is 2.59. The quantitative estimate of drug-likeness (QED) is 0.830. The van der Waals surface area contributed by atoms with E-state index in [1.54, 1.807) is 24.3 Å². The van der Waals surface area contributed by atoms with Crippen molar-refractivity contribution >= 4 is 21.7 Å². The van der Waals surface area contributed by atoms with E-state index in [1.807, 2.05) is 6.92 Å². The van der Waals surface area contributed by atoms with E-state index in [4.69, 9.17) is 4.74 Å². The number of sulfonamides is 1. The molecule has 2 rings (SSSR count). The van der Waals surface area contributed by atoms with E-state index in [0.29, 0.717) is 17.9 Å². The molecule has 0 aliphatic carbocycles. The summed E-state index contributed by atoms with van der Waals surface area (Å²) in [6.07, 6.45) is 0.588. The number of hydrogen-bond donors (Lipinski definition) is 1. The third-order valence-corrected chi connectivity index (χ3v) is 5.34. The molecule has 0 saturated carbocycles. The number of aryl methyl sites for hydroxylation is 1. The Morgan fingerprint density at radius 1 is 1.12 bits per heavy atom. The molecule has 6 nitrogen and oxygen atoms in total. The van der Waals surface area contributed by atoms with Gasteiger partial charge in [-0.2, -0.15) is 0 Å². The Morgan fingerprint density at radius 3 is 2.29 bits per heavy atom. The van der Waals surface area contributed by atoms with Gasteiger partial charge in [0.15, 0.2) is 0 Å². The fourth-order valence-electron chi connectivity index (χ4n) is 2.35. The van der Waals surface area contributed by atoms with Gasteiger partial charge in [-0.25, -0.2) is 8.42 Å². The second kappa shape index (κ2) is 7.35. The molecule has 1 N–H and O–H groups in total. The number of benzene rings is 2. The van der Waals surface area contributed by atoms with E-state index >= 15 is 0 Å². The molecule has 2 aromatic rings. The molecule has 7 heteroatoms. The first-order chi connectivity index (χ1) is 11.4. The van der Waals surface area contributed by atoms with E-state index in [1.165, 1.54) is 31.4 Å². The molecular weight excluding hydrogens is 330 g/mol. The first-order valence-corrected chi connectivity index (χ1v) is 8.80. The Bertz CT molecular complexity index is 815. The van der Waals surface area contributed by atoms with Crippen LogP contribution in [0, 0.1) is 0 Å². The highest BCUT2D eigenvalue weighted by Crippen LogP contribution is 2.28. The topological polar surface area (TPSA) is 83.9 Å². The molecule has 0 spiro atoms. The lowest BCUT2D eigenvalue weighted by atomic mass is 10.1. The summed E-state index contributed by atoms with van der Waals surface area (Å²) < 4.78 is 31.9. The van der Waals surface area contributed by atoms with Gasteiger partial charge in [-0.3, -0.25) is 9.10 Å². The van der Waals surface area contributed by atoms with Gasteiger partial charge in [-0.15, -0.1) is 0 Å². The van der Waals surface area contributed by atoms with Crippen LogP contribution in [-0.4, -0.2) is 33.1 Å². The second-order valence-corrected chi connectivity index (χ2v) is 6.93. The van der Waals surface area contributed by atoms with E-state index in [-0.39, 0.29) is 4.90 Å². The number of rotatable bonds is 7. The number of methoxy groups -OCH3 is 1. The van der Waals surface area contributed by atoms with Crippen LogP contribution in [0.25, 0.3) is 0 Å². The summed E-state index contributed by atoms with van der Waals surface area (Å²) in [5, 5.41) is 9.18. The monoisotopic (exact) mass is 349 g/mol. The fourth-order valence-corrected chi connectivity index (χ4v) is 3.80. The largest absolute Gasteiger partial charge is 0.497 e. The van der Waals surface area contributed by atoms with Crippen LogP contribution < -0.4 is 9.04 Å². The van der Waals surface area contributed by atoms with Crippen molar-refractivity contribution in [2.45, 2.75) is 18.2 Å². The summed E-state index contributed by atoms with van der Waals surface area (Å²) in [5.74, 6) is -0.703. The fraction of sp³-hybridized carbons (Fsp3) is 0.235. The number of aliphatic carboxylic acids is 1. The Labute approximate surface area is 141 Å². The van der Waals surface area contributed by atoms with Crippen molar-refractivity contribution in [1.82, 2.24) is 0 Å². The summed E-state index contributed by atoms with van der Waals surface area (Å²) in [4.78, 5) is 11.2. The van der Waals surface area contributed by atoms with Crippen molar-refractivity contribution in [3.8, 4) is 5.75 Å². The predicted octanol–water partition coefficient (Wildman–Crippen LogP) is 2.54. The minimum absolute atomic E-state index is 0.00968. The minimum Gasteiger partial charge on any atom is -0.497 e. The van der Waals surface area contributed by atoms with Gasteiger partial charge in [-0.1, -0.05) is 25.1 Å². The smallest absolute Gasteiger partial charge is 0.324 e. The van der Waals surface area contributed by atoms with E-state index in [2.05, 4.69) is 0 Å². The molecule has 0 saturated heterocycles. The van der Waals surface area contributed by atoms with Gasteiger partial charge in [-0.05, 0) is 42.3 Å². The first-order valence-electron chi connectivity index (χ1n) is 7.36. The number of anilines is 1. The summed E-state index contributed by atoms with van der Waals surface area (Å²) in [5.41, 5.74) is 1.13. The number of carboxylic acid groups (broad SMARTS) is 1. The van der Waals surface area contributed by atoms with Crippen LogP contribution in [0.2, 0.25) is 0 Å². The lowest BCUT2D eigenvalue weighted by molar-refractivity contribution is -0.135. The Hall–Kier alpha value is -2.54. The van der Waals surface area contributed by atoms with Crippen molar-refractivity contribution in [2.75, 3.05) is 18.0 Å². The third-order valence-electron chi connectivity index (χ3n) is 3.57. The lowest BCUT2D eigenvalue weighted by Crippen LogP contribution is -2.36. The normalized spacial score (nSPS) is 11.1. The van der Waals surface area contributed by atoms with Gasteiger partial charge in [0.25, 0.3) is 10.0 Å². The Kier molecular flexibility index (Phi) is 5.46. The van der Waals surface area contributed by atoms with Crippen molar-refractivity contribution in [1.29, 1.82) is 0 Å². The first kappa shape index (κ1) is 17.8. The zero-order valence-corrected chi connectivity index (χ0v) is 14.3. The highest BCUT2D eigenvalue weighted by atomic mass is 32.2. The van der Waals surface area contributed by atoms with E-state index in [0.717, 1.165) is 9.87 Å². The zero-order chi connectivity index (χ0) is 17.7. The molecule has 0 atom stereocenters. The van der Waals surface area contributed by atoms with Crippen molar-refractivity contribution in [2.24, 2.45) is 0 Å². The molecule has 0 amide bonds. The molecule has 0 unspecified atom stereocenters. The molecule has 0 aliphatic rings. The van der Waals surface area contributed by atoms with Crippen LogP contribution in [0.3, 0.4) is 0 Å². The minimum atomic E-state index is -4.01. The summed E-state index contributed by atoms with van der Waals surface area (Å²) in [6, 6.07) is 12.7. The number of carboxylic acids is 1. The molecule has 0 aliphatic heterocycles. The number of hydrogen-bond acceptors (Lipinski definition) is 4. The van der Waals surface area contributed by atoms with Gasteiger partial charge in [0, 0.05) is 0 Å². The van der Waals surface area contributed by atoms with Gasteiger partial charge in [0.2, 0.25) is 0 Å². The third kappa shape index (κ3) is 3.68. The van der Waals surface area contributed by atoms with Crippen LogP contribution in [0.15, 0.2) is 53.4 Å². The van der Waals surface area contributed by atoms with Crippen LogP contribution in [-0.2, 0) is 21.2 Å². The molecule has 0 aromatic heterocycles. The lowest BCUT2D eigenvalue weighted by Gasteiger charge is -2.25. The van der Waals surface area contributed by atoms with Gasteiger partial charge < -0.3 is 9.84 Å². The van der Waals surface area contributed by atoms with E-state index in [9.17, 15) is 18.3 Å². The van der Waals surface area contributed by atoms with Crippen LogP contribution >= 0.6 is 0 Å². The highest BCUT2D eigenvalue weighted by Gasteiger charge is 2.28. The Balaban J connectivity index is 2.55. The maximum Gasteiger partial charge on any atom is 0.324 e. The molecular formula is C17H19NO5S. The van der Waals surface area contributed by atoms with Crippen molar-refractivity contribution < 1.29 is 23.1 Å². The van der Waals surface area contributed by atoms with Gasteiger partial charge in [0.05, 0.1) is 17.7 Å². The molecule has 0 heterocycles.